The number of carbonyl (C=O) groups is 3. The maximum atomic E-state index is 12.4. The van der Waals surface area contributed by atoms with Gasteiger partial charge in [0.05, 0.1) is 17.2 Å². The quantitative estimate of drug-likeness (QED) is 0.718. The van der Waals surface area contributed by atoms with Crippen LogP contribution < -0.4 is 0 Å². The number of piperidine rings is 1. The average molecular weight is 465 g/mol. The number of hydrogen-bond acceptors (Lipinski definition) is 6. The number of amides is 2. The van der Waals surface area contributed by atoms with Crippen LogP contribution in [0.3, 0.4) is 0 Å². The SMILES string of the molecule is CCOCC(=O)N1CCC2(CCC(=O)N2Cc2csc(C)n2)CC1.O=C(O)C(F)(F)F. The molecule has 0 radical (unpaired) electrons. The summed E-state index contributed by atoms with van der Waals surface area (Å²) in [6.45, 7) is 6.58. The lowest BCUT2D eigenvalue weighted by molar-refractivity contribution is -0.192. The molecule has 1 aromatic rings. The maximum absolute atomic E-state index is 12.4. The number of aromatic nitrogens is 1. The summed E-state index contributed by atoms with van der Waals surface area (Å²) in [6.07, 6.45) is -1.89. The minimum atomic E-state index is -5.08. The van der Waals surface area contributed by atoms with Gasteiger partial charge in [0.2, 0.25) is 11.8 Å². The highest BCUT2D eigenvalue weighted by Crippen LogP contribution is 2.40. The van der Waals surface area contributed by atoms with Crippen LogP contribution in [-0.4, -0.2) is 75.7 Å². The van der Waals surface area contributed by atoms with Crippen LogP contribution in [0, 0.1) is 6.92 Å². The van der Waals surface area contributed by atoms with Gasteiger partial charge in [-0.05, 0) is 33.1 Å². The number of aryl methyl sites for hydroxylation is 1. The predicted octanol–water partition coefficient (Wildman–Crippen LogP) is 2.60. The molecule has 0 saturated carbocycles. The molecule has 0 aromatic carbocycles. The second kappa shape index (κ2) is 10.4. The van der Waals surface area contributed by atoms with Gasteiger partial charge in [0.25, 0.3) is 0 Å². The fraction of sp³-hybridized carbons (Fsp3) is 0.684. The third-order valence-corrected chi connectivity index (χ3v) is 6.21. The van der Waals surface area contributed by atoms with E-state index in [1.807, 2.05) is 29.0 Å². The molecule has 8 nitrogen and oxygen atoms in total. The Labute approximate surface area is 182 Å². The maximum Gasteiger partial charge on any atom is 0.490 e. The lowest BCUT2D eigenvalue weighted by Gasteiger charge is -2.44. The Balaban J connectivity index is 0.000000423. The van der Waals surface area contributed by atoms with Crippen LogP contribution in [-0.2, 0) is 25.7 Å². The summed E-state index contributed by atoms with van der Waals surface area (Å²) in [7, 11) is 0. The highest BCUT2D eigenvalue weighted by Gasteiger charge is 2.47. The van der Waals surface area contributed by atoms with E-state index in [0.717, 1.165) is 30.0 Å². The molecular formula is C19H26F3N3O5S. The Morgan fingerprint density at radius 1 is 1.29 bits per heavy atom. The number of carboxylic acid groups (broad SMARTS) is 1. The van der Waals surface area contributed by atoms with Crippen molar-refractivity contribution in [3.05, 3.63) is 16.1 Å². The number of ether oxygens (including phenoxy) is 1. The molecule has 0 atom stereocenters. The molecule has 1 N–H and O–H groups in total. The van der Waals surface area contributed by atoms with E-state index >= 15 is 0 Å². The molecule has 0 unspecified atom stereocenters. The van der Waals surface area contributed by atoms with Gasteiger partial charge in [0.15, 0.2) is 0 Å². The lowest BCUT2D eigenvalue weighted by atomic mass is 9.85. The normalized spacial score (nSPS) is 18.2. The van der Waals surface area contributed by atoms with Gasteiger partial charge in [0.1, 0.15) is 6.61 Å². The summed E-state index contributed by atoms with van der Waals surface area (Å²) in [5, 5.41) is 10.2. The summed E-state index contributed by atoms with van der Waals surface area (Å²) >= 11 is 1.62. The Morgan fingerprint density at radius 2 is 1.90 bits per heavy atom. The van der Waals surface area contributed by atoms with E-state index < -0.39 is 12.1 Å². The van der Waals surface area contributed by atoms with Crippen LogP contribution in [0.5, 0.6) is 0 Å². The molecule has 2 aliphatic heterocycles. The van der Waals surface area contributed by atoms with Gasteiger partial charge in [-0.15, -0.1) is 11.3 Å². The van der Waals surface area contributed by atoms with Crippen LogP contribution in [0.1, 0.15) is 43.3 Å². The Hall–Kier alpha value is -2.21. The number of hydrogen-bond donors (Lipinski definition) is 1. The molecule has 2 amide bonds. The number of alkyl halides is 3. The number of likely N-dealkylation sites (tertiary alicyclic amines) is 2. The van der Waals surface area contributed by atoms with Crippen molar-refractivity contribution in [2.24, 2.45) is 0 Å². The van der Waals surface area contributed by atoms with Crippen LogP contribution in [0.2, 0.25) is 0 Å². The largest absolute Gasteiger partial charge is 0.490 e. The van der Waals surface area contributed by atoms with Crippen molar-refractivity contribution in [2.75, 3.05) is 26.3 Å². The number of halogens is 3. The van der Waals surface area contributed by atoms with Crippen molar-refractivity contribution in [3.63, 3.8) is 0 Å². The van der Waals surface area contributed by atoms with E-state index in [4.69, 9.17) is 14.6 Å². The summed E-state index contributed by atoms with van der Waals surface area (Å²) in [4.78, 5) is 41.8. The first-order valence-corrected chi connectivity index (χ1v) is 10.7. The molecule has 0 bridgehead atoms. The van der Waals surface area contributed by atoms with E-state index in [2.05, 4.69) is 4.98 Å². The molecule has 31 heavy (non-hydrogen) atoms. The zero-order chi connectivity index (χ0) is 23.2. The Kier molecular flexibility index (Phi) is 8.41. The van der Waals surface area contributed by atoms with Crippen molar-refractivity contribution in [1.29, 1.82) is 0 Å². The molecule has 3 heterocycles. The van der Waals surface area contributed by atoms with Crippen LogP contribution in [0.25, 0.3) is 0 Å². The first-order chi connectivity index (χ1) is 14.5. The fourth-order valence-electron chi connectivity index (χ4n) is 3.75. The zero-order valence-electron chi connectivity index (χ0n) is 17.4. The summed E-state index contributed by atoms with van der Waals surface area (Å²) in [6, 6.07) is 0. The monoisotopic (exact) mass is 465 g/mol. The van der Waals surface area contributed by atoms with E-state index in [0.29, 0.717) is 32.7 Å². The van der Waals surface area contributed by atoms with Crippen LogP contribution in [0.4, 0.5) is 13.2 Å². The number of rotatable bonds is 5. The van der Waals surface area contributed by atoms with Crippen molar-refractivity contribution in [2.45, 2.75) is 57.8 Å². The van der Waals surface area contributed by atoms with E-state index in [1.165, 1.54) is 0 Å². The molecule has 1 aromatic heterocycles. The van der Waals surface area contributed by atoms with Gasteiger partial charge in [-0.25, -0.2) is 9.78 Å². The molecule has 2 fully saturated rings. The van der Waals surface area contributed by atoms with E-state index in [-0.39, 0.29) is 24.0 Å². The fourth-order valence-corrected chi connectivity index (χ4v) is 4.35. The van der Waals surface area contributed by atoms with Gasteiger partial charge < -0.3 is 19.6 Å². The Bertz CT molecular complexity index is 791. The first kappa shape index (κ1) is 25.1. The highest BCUT2D eigenvalue weighted by atomic mass is 32.1. The molecule has 1 spiro atoms. The number of thiazole rings is 1. The van der Waals surface area contributed by atoms with E-state index in [1.54, 1.807) is 11.3 Å². The molecule has 3 rings (SSSR count). The van der Waals surface area contributed by atoms with Crippen LogP contribution >= 0.6 is 11.3 Å². The number of nitrogens with zero attached hydrogens (tertiary/aromatic N) is 3. The summed E-state index contributed by atoms with van der Waals surface area (Å²) in [5.74, 6) is -2.49. The van der Waals surface area contributed by atoms with Crippen molar-refractivity contribution < 1.29 is 37.4 Å². The molecule has 2 aliphatic rings. The Morgan fingerprint density at radius 3 is 2.39 bits per heavy atom. The van der Waals surface area contributed by atoms with E-state index in [9.17, 15) is 22.8 Å². The molecular weight excluding hydrogens is 439 g/mol. The number of carboxylic acids is 1. The minimum absolute atomic E-state index is 0.0534. The van der Waals surface area contributed by atoms with Gasteiger partial charge in [-0.3, -0.25) is 9.59 Å². The average Bonchev–Trinajstić information content (AvgIpc) is 3.25. The first-order valence-electron chi connectivity index (χ1n) is 9.85. The lowest BCUT2D eigenvalue weighted by Crippen LogP contribution is -2.54. The standard InChI is InChI=1S/C17H25N3O3S.C2HF3O2/c1-3-23-11-16(22)19-8-6-17(7-9-19)5-4-15(21)20(17)10-14-12-24-13(2)18-14;3-2(4,5)1(6)7/h12H,3-11H2,1-2H3;(H,6,7). The van der Waals surface area contributed by atoms with Crippen molar-refractivity contribution >= 4 is 29.1 Å². The van der Waals surface area contributed by atoms with Gasteiger partial charge in [-0.2, -0.15) is 13.2 Å². The zero-order valence-corrected chi connectivity index (χ0v) is 18.2. The highest BCUT2D eigenvalue weighted by molar-refractivity contribution is 7.09. The number of carbonyl (C=O) groups excluding carboxylic acids is 2. The second-order valence-electron chi connectivity index (χ2n) is 7.38. The van der Waals surface area contributed by atoms with Crippen molar-refractivity contribution in [1.82, 2.24) is 14.8 Å². The molecule has 0 aliphatic carbocycles. The number of aliphatic carboxylic acids is 1. The summed E-state index contributed by atoms with van der Waals surface area (Å²) in [5.41, 5.74) is 0.874. The smallest absolute Gasteiger partial charge is 0.475 e. The second-order valence-corrected chi connectivity index (χ2v) is 8.45. The van der Waals surface area contributed by atoms with Gasteiger partial charge in [0, 0.05) is 37.0 Å². The molecule has 12 heteroatoms. The van der Waals surface area contributed by atoms with Gasteiger partial charge >= 0.3 is 12.1 Å². The van der Waals surface area contributed by atoms with Crippen LogP contribution in [0.15, 0.2) is 5.38 Å². The summed E-state index contributed by atoms with van der Waals surface area (Å²) < 4.78 is 37.0. The van der Waals surface area contributed by atoms with Crippen molar-refractivity contribution in [3.8, 4) is 0 Å². The third-order valence-electron chi connectivity index (χ3n) is 5.38. The molecule has 2 saturated heterocycles. The topological polar surface area (TPSA) is 100 Å². The predicted molar refractivity (Wildman–Crippen MR) is 105 cm³/mol. The molecule has 174 valence electrons. The third kappa shape index (κ3) is 6.63. The van der Waals surface area contributed by atoms with Gasteiger partial charge in [-0.1, -0.05) is 0 Å². The minimum Gasteiger partial charge on any atom is -0.475 e.